The van der Waals surface area contributed by atoms with Crippen LogP contribution in [0.15, 0.2) is 98.0 Å². The van der Waals surface area contributed by atoms with Gasteiger partial charge in [0.25, 0.3) is 0 Å². The van der Waals surface area contributed by atoms with Crippen LogP contribution in [0.3, 0.4) is 0 Å². The minimum Gasteiger partial charge on any atom is -0.669 e. The second kappa shape index (κ2) is 15.0. The van der Waals surface area contributed by atoms with Crippen LogP contribution in [0, 0.1) is 49.5 Å². The smallest absolute Gasteiger partial charge is 0.669 e. The molecule has 0 saturated heterocycles. The van der Waals surface area contributed by atoms with Crippen molar-refractivity contribution in [1.29, 1.82) is 0 Å². The number of pyridine rings is 1. The standard InChI is InChI=1S/C27H17N3O.C5H3N2.2Pt/c1-29-15-16-30(20-29)24-10-6-12-26(19-24)31-25-11-5-9-23(17-25)27-18-22(13-14-28-27)21-7-3-2-4-8-21;1-2-7-4-3-6-5-7;;/h2-7,10-16,20H,1H3;3-5H;;/q-6;-1;;+4. The summed E-state index contributed by atoms with van der Waals surface area (Å²) in [6.07, 6.45) is 17.0. The Morgan fingerprint density at radius 3 is 2.48 bits per heavy atom. The fraction of sp³-hybridized carbons (Fsp3) is 0.0312. The van der Waals surface area contributed by atoms with Crippen LogP contribution in [0.2, 0.25) is 0 Å². The second-order valence-corrected chi connectivity index (χ2v) is 8.02. The van der Waals surface area contributed by atoms with Gasteiger partial charge in [-0.05, 0) is 25.6 Å². The third kappa shape index (κ3) is 8.05. The van der Waals surface area contributed by atoms with Crippen LogP contribution in [-0.4, -0.2) is 26.5 Å². The summed E-state index contributed by atoms with van der Waals surface area (Å²) in [7, 11) is 1.98. The largest absolute Gasteiger partial charge is 4.00 e. The Labute approximate surface area is 263 Å². The predicted octanol–water partition coefficient (Wildman–Crippen LogP) is 5.82. The van der Waals surface area contributed by atoms with Gasteiger partial charge in [0.15, 0.2) is 0 Å². The van der Waals surface area contributed by atoms with Gasteiger partial charge < -0.3 is 42.1 Å². The van der Waals surface area contributed by atoms with Crippen LogP contribution >= 0.6 is 0 Å². The fourth-order valence-electron chi connectivity index (χ4n) is 3.50. The summed E-state index contributed by atoms with van der Waals surface area (Å²) in [6.45, 7) is 1.97. The van der Waals surface area contributed by atoms with Gasteiger partial charge in [0.2, 0.25) is 0 Å². The quantitative estimate of drug-likeness (QED) is 0.165. The maximum Gasteiger partial charge on any atom is 4.00 e. The molecule has 3 heterocycles. The minimum absolute atomic E-state index is 0. The van der Waals surface area contributed by atoms with Crippen LogP contribution in [0.4, 0.5) is 5.69 Å². The van der Waals surface area contributed by atoms with Gasteiger partial charge in [-0.1, -0.05) is 5.75 Å². The molecule has 0 radical (unpaired) electrons. The van der Waals surface area contributed by atoms with Crippen LogP contribution in [-0.2, 0) is 42.1 Å². The molecule has 0 atom stereocenters. The van der Waals surface area contributed by atoms with E-state index in [2.05, 4.69) is 46.3 Å². The van der Waals surface area contributed by atoms with Crippen molar-refractivity contribution in [1.82, 2.24) is 19.4 Å². The number of benzene rings is 3. The first-order chi connectivity index (χ1) is 18.7. The van der Waals surface area contributed by atoms with Crippen molar-refractivity contribution in [3.05, 3.63) is 141 Å². The second-order valence-electron chi connectivity index (χ2n) is 8.02. The van der Waals surface area contributed by atoms with Crippen molar-refractivity contribution in [3.8, 4) is 39.9 Å². The van der Waals surface area contributed by atoms with Crippen molar-refractivity contribution in [3.63, 3.8) is 0 Å². The number of anilines is 1. The van der Waals surface area contributed by atoms with Crippen molar-refractivity contribution < 1.29 is 46.9 Å². The summed E-state index contributed by atoms with van der Waals surface area (Å²) in [5, 5.41) is 0. The van der Waals surface area contributed by atoms with E-state index in [1.54, 1.807) is 24.7 Å². The van der Waals surface area contributed by atoms with Crippen LogP contribution in [0.25, 0.3) is 22.4 Å². The number of aromatic nitrogens is 3. The first-order valence-electron chi connectivity index (χ1n) is 11.6. The molecule has 0 aliphatic carbocycles. The zero-order valence-corrected chi connectivity index (χ0v) is 25.6. The number of hydrogen-bond acceptors (Lipinski definition) is 5. The molecule has 0 bridgehead atoms. The van der Waals surface area contributed by atoms with Gasteiger partial charge in [0.05, 0.1) is 0 Å². The Morgan fingerprint density at radius 1 is 0.900 bits per heavy atom. The molecule has 8 heteroatoms. The van der Waals surface area contributed by atoms with Gasteiger partial charge in [0.1, 0.15) is 6.33 Å². The summed E-state index contributed by atoms with van der Waals surface area (Å²) < 4.78 is 7.46. The monoisotopic (exact) mass is 880 g/mol. The average Bonchev–Trinajstić information content (AvgIpc) is 3.66. The van der Waals surface area contributed by atoms with Gasteiger partial charge in [0, 0.05) is 39.2 Å². The van der Waals surface area contributed by atoms with Gasteiger partial charge in [-0.25, -0.2) is 28.2 Å². The maximum atomic E-state index is 6.53. The average molecular weight is 881 g/mol. The van der Waals surface area contributed by atoms with Gasteiger partial charge in [-0.15, -0.1) is 30.0 Å². The van der Waals surface area contributed by atoms with Crippen LogP contribution in [0.5, 0.6) is 11.5 Å². The molecule has 1 aliphatic rings. The molecule has 3 aromatic carbocycles. The van der Waals surface area contributed by atoms with Crippen LogP contribution in [0.1, 0.15) is 0 Å². The Morgan fingerprint density at radius 2 is 1.77 bits per heavy atom. The van der Waals surface area contributed by atoms with Crippen molar-refractivity contribution >= 4 is 5.69 Å². The molecule has 0 amide bonds. The Kier molecular flexibility index (Phi) is 11.5. The van der Waals surface area contributed by atoms with E-state index in [0.717, 1.165) is 16.8 Å². The molecule has 6 rings (SSSR count). The zero-order valence-electron chi connectivity index (χ0n) is 21.1. The van der Waals surface area contributed by atoms with Gasteiger partial charge in [-0.2, -0.15) is 54.8 Å². The van der Waals surface area contributed by atoms with E-state index < -0.39 is 0 Å². The maximum absolute atomic E-state index is 6.53. The van der Waals surface area contributed by atoms with E-state index in [1.165, 1.54) is 10.9 Å². The van der Waals surface area contributed by atoms with Gasteiger partial charge >= 0.3 is 21.1 Å². The molecule has 0 unspecified atom stereocenters. The first-order valence-corrected chi connectivity index (χ1v) is 11.6. The van der Waals surface area contributed by atoms with Crippen LogP contribution < -0.4 is 9.64 Å². The molecule has 2 aromatic heterocycles. The third-order valence-electron chi connectivity index (χ3n) is 5.30. The van der Waals surface area contributed by atoms with E-state index in [0.29, 0.717) is 22.8 Å². The van der Waals surface area contributed by atoms with E-state index in [4.69, 9.17) is 11.2 Å². The number of imidazole rings is 1. The summed E-state index contributed by atoms with van der Waals surface area (Å²) in [4.78, 5) is 12.1. The van der Waals surface area contributed by atoms with Crippen molar-refractivity contribution in [2.45, 2.75) is 0 Å². The summed E-state index contributed by atoms with van der Waals surface area (Å²) in [5.74, 6) is 1.17. The molecular formula is C32H20N5OPt2-3. The van der Waals surface area contributed by atoms with E-state index in [-0.39, 0.29) is 42.1 Å². The van der Waals surface area contributed by atoms with E-state index >= 15 is 0 Å². The van der Waals surface area contributed by atoms with E-state index in [1.807, 2.05) is 90.5 Å². The Hall–Kier alpha value is -3.90. The molecule has 0 spiro atoms. The summed E-state index contributed by atoms with van der Waals surface area (Å²) in [5.41, 5.74) is 4.10. The molecule has 0 saturated carbocycles. The normalized spacial score (nSPS) is 11.4. The molecule has 202 valence electrons. The Bertz CT molecular complexity index is 1570. The number of nitrogens with zero attached hydrogens (tertiary/aromatic N) is 5. The van der Waals surface area contributed by atoms with E-state index in [9.17, 15) is 0 Å². The SMILES string of the molecule is CN1C=CN(c2[c-]c(Oc3[c-]c(-c4[c-]c(-c5[c-]cccc5)ccn4)[c-]cc3)ccc2)[CH-]1.[C-]#Cn1ccnc1.[Pt+4].[Pt]. The minimum atomic E-state index is 0. The number of rotatable bonds is 5. The van der Waals surface area contributed by atoms with Gasteiger partial charge in [-0.3, -0.25) is 12.1 Å². The summed E-state index contributed by atoms with van der Waals surface area (Å²) >= 11 is 0. The number of ether oxygens (including phenoxy) is 1. The Balaban J connectivity index is 0.000000431. The summed E-state index contributed by atoms with van der Waals surface area (Å²) in [6, 6.07) is 37.5. The third-order valence-corrected chi connectivity index (χ3v) is 5.30. The topological polar surface area (TPSA) is 46.4 Å². The molecule has 40 heavy (non-hydrogen) atoms. The molecule has 0 N–H and O–H groups in total. The molecular weight excluding hydrogens is 861 g/mol. The molecule has 5 aromatic rings. The molecule has 0 fully saturated rings. The molecule has 6 nitrogen and oxygen atoms in total. The van der Waals surface area contributed by atoms with Crippen molar-refractivity contribution in [2.75, 3.05) is 11.9 Å². The fourth-order valence-corrected chi connectivity index (χ4v) is 3.50. The first kappa shape index (κ1) is 30.6. The zero-order chi connectivity index (χ0) is 26.2. The number of hydrogen-bond donors (Lipinski definition) is 0. The van der Waals surface area contributed by atoms with Crippen molar-refractivity contribution in [2.24, 2.45) is 0 Å². The molecule has 1 aliphatic heterocycles. The predicted molar refractivity (Wildman–Crippen MR) is 144 cm³/mol.